The number of anilines is 1. The summed E-state index contributed by atoms with van der Waals surface area (Å²) in [4.78, 5) is 13.1. The van der Waals surface area contributed by atoms with Crippen molar-refractivity contribution in [2.75, 3.05) is 12.8 Å². The van der Waals surface area contributed by atoms with E-state index in [9.17, 15) is 4.79 Å². The van der Waals surface area contributed by atoms with Crippen LogP contribution in [0.3, 0.4) is 0 Å². The van der Waals surface area contributed by atoms with Crippen molar-refractivity contribution in [3.63, 3.8) is 0 Å². The maximum atomic E-state index is 12.4. The maximum Gasteiger partial charge on any atom is 0.207 e. The number of carbonyl (C=O) groups excluding carboxylic acids is 1. The van der Waals surface area contributed by atoms with Gasteiger partial charge in [0.25, 0.3) is 0 Å². The van der Waals surface area contributed by atoms with Crippen LogP contribution in [0.5, 0.6) is 5.75 Å². The van der Waals surface area contributed by atoms with Gasteiger partial charge in [0.1, 0.15) is 10.6 Å². The molecule has 1 heterocycles. The number of carbonyl (C=O) groups is 1. The van der Waals surface area contributed by atoms with E-state index < -0.39 is 0 Å². The van der Waals surface area contributed by atoms with Crippen molar-refractivity contribution in [2.24, 2.45) is 0 Å². The van der Waals surface area contributed by atoms with E-state index in [-0.39, 0.29) is 5.78 Å². The van der Waals surface area contributed by atoms with E-state index >= 15 is 0 Å². The Morgan fingerprint density at radius 1 is 1.28 bits per heavy atom. The molecule has 2 N–H and O–H groups in total. The first-order chi connectivity index (χ1) is 8.54. The summed E-state index contributed by atoms with van der Waals surface area (Å²) >= 11 is 1.38. The van der Waals surface area contributed by atoms with Gasteiger partial charge < -0.3 is 10.5 Å². The van der Waals surface area contributed by atoms with Crippen LogP contribution in [0.25, 0.3) is 0 Å². The fourth-order valence-electron chi connectivity index (χ4n) is 1.86. The lowest BCUT2D eigenvalue weighted by Crippen LogP contribution is -2.05. The molecule has 0 radical (unpaired) electrons. The summed E-state index contributed by atoms with van der Waals surface area (Å²) in [5.74, 6) is 0.578. The van der Waals surface area contributed by atoms with Crippen LogP contribution in [0.2, 0.25) is 0 Å². The molecular formula is C14H15NO2S. The molecule has 0 atom stereocenters. The zero-order valence-corrected chi connectivity index (χ0v) is 11.4. The van der Waals surface area contributed by atoms with Crippen molar-refractivity contribution in [3.8, 4) is 5.75 Å². The highest BCUT2D eigenvalue weighted by Gasteiger charge is 2.18. The molecule has 2 rings (SSSR count). The van der Waals surface area contributed by atoms with Crippen molar-refractivity contribution < 1.29 is 9.53 Å². The predicted octanol–water partition coefficient (Wildman–Crippen LogP) is 3.19. The SMILES string of the molecule is COc1ccsc1C(=O)c1cc(N)c(C)cc1C. The molecule has 3 nitrogen and oxygen atoms in total. The van der Waals surface area contributed by atoms with Crippen LogP contribution in [-0.2, 0) is 0 Å². The first-order valence-electron chi connectivity index (χ1n) is 5.57. The number of ether oxygens (including phenoxy) is 1. The van der Waals surface area contributed by atoms with Crippen LogP contribution < -0.4 is 10.5 Å². The van der Waals surface area contributed by atoms with Crippen LogP contribution in [0.4, 0.5) is 5.69 Å². The molecule has 0 saturated heterocycles. The number of nitrogen functional groups attached to an aromatic ring is 1. The Hall–Kier alpha value is -1.81. The quantitative estimate of drug-likeness (QED) is 0.682. The average molecular weight is 261 g/mol. The molecule has 0 bridgehead atoms. The third kappa shape index (κ3) is 2.11. The molecule has 1 aromatic carbocycles. The van der Waals surface area contributed by atoms with Crippen LogP contribution in [0.1, 0.15) is 26.4 Å². The van der Waals surface area contributed by atoms with E-state index in [4.69, 9.17) is 10.5 Å². The fourth-order valence-corrected chi connectivity index (χ4v) is 2.67. The number of thiophene rings is 1. The van der Waals surface area contributed by atoms with Gasteiger partial charge in [-0.05, 0) is 42.5 Å². The first-order valence-corrected chi connectivity index (χ1v) is 6.45. The number of hydrogen-bond acceptors (Lipinski definition) is 4. The molecule has 0 aliphatic carbocycles. The molecule has 0 saturated carbocycles. The fraction of sp³-hybridized carbons (Fsp3) is 0.214. The second-order valence-electron chi connectivity index (χ2n) is 4.17. The summed E-state index contributed by atoms with van der Waals surface area (Å²) in [5, 5.41) is 1.85. The van der Waals surface area contributed by atoms with E-state index in [2.05, 4.69) is 0 Å². The van der Waals surface area contributed by atoms with Crippen molar-refractivity contribution in [2.45, 2.75) is 13.8 Å². The number of hydrogen-bond donors (Lipinski definition) is 1. The van der Waals surface area contributed by atoms with Gasteiger partial charge in [0, 0.05) is 11.3 Å². The molecule has 0 fully saturated rings. The first kappa shape index (κ1) is 12.6. The number of ketones is 1. The average Bonchev–Trinajstić information content (AvgIpc) is 2.81. The summed E-state index contributed by atoms with van der Waals surface area (Å²) in [6, 6.07) is 5.47. The maximum absolute atomic E-state index is 12.4. The Bertz CT molecular complexity index is 602. The van der Waals surface area contributed by atoms with Gasteiger partial charge in [-0.1, -0.05) is 6.07 Å². The van der Waals surface area contributed by atoms with Crippen molar-refractivity contribution in [1.82, 2.24) is 0 Å². The number of benzene rings is 1. The third-order valence-electron chi connectivity index (χ3n) is 2.91. The molecular weight excluding hydrogens is 246 g/mol. The van der Waals surface area contributed by atoms with Crippen molar-refractivity contribution in [3.05, 3.63) is 45.1 Å². The zero-order valence-electron chi connectivity index (χ0n) is 10.6. The van der Waals surface area contributed by atoms with E-state index in [0.29, 0.717) is 21.9 Å². The number of methoxy groups -OCH3 is 1. The normalized spacial score (nSPS) is 10.4. The highest BCUT2D eigenvalue weighted by atomic mass is 32.1. The minimum atomic E-state index is -0.0361. The number of nitrogens with two attached hydrogens (primary N) is 1. The molecule has 0 aliphatic rings. The van der Waals surface area contributed by atoms with Crippen LogP contribution in [-0.4, -0.2) is 12.9 Å². The second-order valence-corrected chi connectivity index (χ2v) is 5.09. The monoisotopic (exact) mass is 261 g/mol. The molecule has 4 heteroatoms. The Balaban J connectivity index is 2.50. The topological polar surface area (TPSA) is 52.3 Å². The third-order valence-corrected chi connectivity index (χ3v) is 3.81. The Morgan fingerprint density at radius 2 is 2.00 bits per heavy atom. The standard InChI is InChI=1S/C14H15NO2S/c1-8-6-9(2)11(15)7-10(8)13(16)14-12(17-3)4-5-18-14/h4-7H,15H2,1-3H3. The van der Waals surface area contributed by atoms with Crippen LogP contribution in [0, 0.1) is 13.8 Å². The van der Waals surface area contributed by atoms with Gasteiger partial charge in [-0.3, -0.25) is 4.79 Å². The van der Waals surface area contributed by atoms with Gasteiger partial charge in [-0.15, -0.1) is 11.3 Å². The van der Waals surface area contributed by atoms with Gasteiger partial charge in [0.15, 0.2) is 0 Å². The lowest BCUT2D eigenvalue weighted by atomic mass is 10.00. The van der Waals surface area contributed by atoms with E-state index in [1.54, 1.807) is 19.2 Å². The van der Waals surface area contributed by atoms with E-state index in [1.165, 1.54) is 11.3 Å². The van der Waals surface area contributed by atoms with Gasteiger partial charge in [0.2, 0.25) is 5.78 Å². The van der Waals surface area contributed by atoms with Gasteiger partial charge >= 0.3 is 0 Å². The van der Waals surface area contributed by atoms with Gasteiger partial charge in [0.05, 0.1) is 7.11 Å². The van der Waals surface area contributed by atoms with E-state index in [1.807, 2.05) is 25.3 Å². The van der Waals surface area contributed by atoms with Crippen molar-refractivity contribution in [1.29, 1.82) is 0 Å². The number of rotatable bonds is 3. The van der Waals surface area contributed by atoms with Gasteiger partial charge in [-0.2, -0.15) is 0 Å². The summed E-state index contributed by atoms with van der Waals surface area (Å²) in [6.07, 6.45) is 0. The molecule has 0 amide bonds. The molecule has 18 heavy (non-hydrogen) atoms. The highest BCUT2D eigenvalue weighted by Crippen LogP contribution is 2.29. The molecule has 0 unspecified atom stereocenters. The zero-order chi connectivity index (χ0) is 13.3. The summed E-state index contributed by atoms with van der Waals surface area (Å²) < 4.78 is 5.18. The summed E-state index contributed by atoms with van der Waals surface area (Å²) in [7, 11) is 1.56. The molecule has 0 aliphatic heterocycles. The minimum Gasteiger partial charge on any atom is -0.495 e. The van der Waals surface area contributed by atoms with E-state index in [0.717, 1.165) is 11.1 Å². The molecule has 94 valence electrons. The predicted molar refractivity (Wildman–Crippen MR) is 74.6 cm³/mol. The minimum absolute atomic E-state index is 0.0361. The lowest BCUT2D eigenvalue weighted by Gasteiger charge is -2.08. The Labute approximate surface area is 110 Å². The summed E-state index contributed by atoms with van der Waals surface area (Å²) in [5.41, 5.74) is 9.07. The highest BCUT2D eigenvalue weighted by molar-refractivity contribution is 7.12. The molecule has 0 spiro atoms. The molecule has 1 aromatic heterocycles. The van der Waals surface area contributed by atoms with Crippen molar-refractivity contribution >= 4 is 22.8 Å². The number of aryl methyl sites for hydroxylation is 2. The smallest absolute Gasteiger partial charge is 0.207 e. The van der Waals surface area contributed by atoms with Crippen LogP contribution in [0.15, 0.2) is 23.6 Å². The Morgan fingerprint density at radius 3 is 2.67 bits per heavy atom. The van der Waals surface area contributed by atoms with Gasteiger partial charge in [-0.25, -0.2) is 0 Å². The Kier molecular flexibility index (Phi) is 3.39. The second kappa shape index (κ2) is 4.82. The molecule has 2 aromatic rings. The largest absolute Gasteiger partial charge is 0.495 e. The lowest BCUT2D eigenvalue weighted by molar-refractivity contribution is 0.103. The summed E-state index contributed by atoms with van der Waals surface area (Å²) in [6.45, 7) is 3.85. The van der Waals surface area contributed by atoms with Crippen LogP contribution >= 0.6 is 11.3 Å².